The fourth-order valence-corrected chi connectivity index (χ4v) is 1.95. The van der Waals surface area contributed by atoms with E-state index in [0.29, 0.717) is 0 Å². The standard InChI is InChI=1S/C13H25N/c1-13(2,3)14-11-7-10-12-8-5-4-6-9-12/h7,10,12,14H,4-6,8-9,11H2,1-3H3. The van der Waals surface area contributed by atoms with E-state index in [4.69, 9.17) is 0 Å². The first-order valence-electron chi connectivity index (χ1n) is 5.99. The molecule has 1 aliphatic carbocycles. The van der Waals surface area contributed by atoms with Gasteiger partial charge < -0.3 is 5.32 Å². The second kappa shape index (κ2) is 5.55. The number of hydrogen-bond donors (Lipinski definition) is 1. The highest BCUT2D eigenvalue weighted by Gasteiger charge is 2.10. The molecule has 0 unspecified atom stereocenters. The molecule has 1 aliphatic rings. The summed E-state index contributed by atoms with van der Waals surface area (Å²) in [6, 6.07) is 0. The van der Waals surface area contributed by atoms with Gasteiger partial charge in [0.1, 0.15) is 0 Å². The number of rotatable bonds is 3. The number of nitrogens with one attached hydrogen (secondary N) is 1. The topological polar surface area (TPSA) is 12.0 Å². The monoisotopic (exact) mass is 195 g/mol. The lowest BCUT2D eigenvalue weighted by atomic mass is 9.89. The molecule has 0 spiro atoms. The summed E-state index contributed by atoms with van der Waals surface area (Å²) < 4.78 is 0. The van der Waals surface area contributed by atoms with E-state index >= 15 is 0 Å². The van der Waals surface area contributed by atoms with Gasteiger partial charge in [0.2, 0.25) is 0 Å². The van der Waals surface area contributed by atoms with Crippen molar-refractivity contribution in [3.63, 3.8) is 0 Å². The van der Waals surface area contributed by atoms with Gasteiger partial charge in [-0.15, -0.1) is 0 Å². The van der Waals surface area contributed by atoms with Crippen molar-refractivity contribution in [2.45, 2.75) is 58.4 Å². The Morgan fingerprint density at radius 1 is 1.14 bits per heavy atom. The molecule has 1 rings (SSSR count). The average Bonchev–Trinajstić information content (AvgIpc) is 2.13. The van der Waals surface area contributed by atoms with Crippen molar-refractivity contribution in [2.75, 3.05) is 6.54 Å². The van der Waals surface area contributed by atoms with Crippen LogP contribution in [0.15, 0.2) is 12.2 Å². The van der Waals surface area contributed by atoms with Crippen LogP contribution in [0, 0.1) is 5.92 Å². The SMILES string of the molecule is CC(C)(C)NCC=CC1CCCCC1. The van der Waals surface area contributed by atoms with Crippen LogP contribution in [0.3, 0.4) is 0 Å². The molecule has 0 aromatic rings. The van der Waals surface area contributed by atoms with Crippen LogP contribution in [-0.2, 0) is 0 Å². The highest BCUT2D eigenvalue weighted by molar-refractivity contribution is 4.92. The molecule has 0 heterocycles. The van der Waals surface area contributed by atoms with Crippen molar-refractivity contribution in [3.05, 3.63) is 12.2 Å². The fourth-order valence-electron chi connectivity index (χ4n) is 1.95. The van der Waals surface area contributed by atoms with Gasteiger partial charge in [0.15, 0.2) is 0 Å². The van der Waals surface area contributed by atoms with E-state index in [1.165, 1.54) is 32.1 Å². The van der Waals surface area contributed by atoms with Crippen molar-refractivity contribution in [2.24, 2.45) is 5.92 Å². The van der Waals surface area contributed by atoms with Gasteiger partial charge >= 0.3 is 0 Å². The molecule has 0 aliphatic heterocycles. The second-order valence-corrected chi connectivity index (χ2v) is 5.46. The molecule has 0 radical (unpaired) electrons. The Labute approximate surface area is 89.0 Å². The van der Waals surface area contributed by atoms with Crippen molar-refractivity contribution in [1.29, 1.82) is 0 Å². The van der Waals surface area contributed by atoms with E-state index in [9.17, 15) is 0 Å². The Hall–Kier alpha value is -0.300. The number of allylic oxidation sites excluding steroid dienone is 1. The van der Waals surface area contributed by atoms with Crippen LogP contribution in [0.4, 0.5) is 0 Å². The van der Waals surface area contributed by atoms with Gasteiger partial charge in [-0.25, -0.2) is 0 Å². The zero-order valence-corrected chi connectivity index (χ0v) is 9.97. The van der Waals surface area contributed by atoms with Crippen molar-refractivity contribution < 1.29 is 0 Å². The first kappa shape index (κ1) is 11.8. The van der Waals surface area contributed by atoms with E-state index in [1.807, 2.05) is 0 Å². The van der Waals surface area contributed by atoms with Crippen LogP contribution in [0.2, 0.25) is 0 Å². The van der Waals surface area contributed by atoms with Crippen LogP contribution in [0.25, 0.3) is 0 Å². The van der Waals surface area contributed by atoms with Gasteiger partial charge in [-0.1, -0.05) is 31.4 Å². The second-order valence-electron chi connectivity index (χ2n) is 5.46. The lowest BCUT2D eigenvalue weighted by Crippen LogP contribution is -2.35. The number of hydrogen-bond acceptors (Lipinski definition) is 1. The molecule has 0 atom stereocenters. The van der Waals surface area contributed by atoms with Gasteiger partial charge in [0.05, 0.1) is 0 Å². The normalized spacial score (nSPS) is 20.5. The minimum atomic E-state index is 0.247. The molecular formula is C13H25N. The van der Waals surface area contributed by atoms with Gasteiger partial charge in [0, 0.05) is 12.1 Å². The molecule has 82 valence electrons. The maximum Gasteiger partial charge on any atom is 0.0139 e. The summed E-state index contributed by atoms with van der Waals surface area (Å²) in [5.41, 5.74) is 0.247. The maximum atomic E-state index is 3.47. The minimum Gasteiger partial charge on any atom is -0.309 e. The predicted octanol–water partition coefficient (Wildman–Crippen LogP) is 3.51. The first-order valence-corrected chi connectivity index (χ1v) is 5.99. The maximum absolute atomic E-state index is 3.47. The third kappa shape index (κ3) is 5.43. The summed E-state index contributed by atoms with van der Waals surface area (Å²) in [5.74, 6) is 0.866. The van der Waals surface area contributed by atoms with Crippen molar-refractivity contribution in [1.82, 2.24) is 5.32 Å². The zero-order chi connectivity index (χ0) is 10.4. The van der Waals surface area contributed by atoms with Crippen molar-refractivity contribution in [3.8, 4) is 0 Å². The lowest BCUT2D eigenvalue weighted by Gasteiger charge is -2.20. The van der Waals surface area contributed by atoms with Crippen molar-refractivity contribution >= 4 is 0 Å². The Kier molecular flexibility index (Phi) is 4.67. The van der Waals surface area contributed by atoms with Crippen LogP contribution < -0.4 is 5.32 Å². The van der Waals surface area contributed by atoms with Gasteiger partial charge in [-0.3, -0.25) is 0 Å². The molecule has 1 nitrogen and oxygen atoms in total. The quantitative estimate of drug-likeness (QED) is 0.680. The summed E-state index contributed by atoms with van der Waals surface area (Å²) in [5, 5.41) is 3.47. The summed E-state index contributed by atoms with van der Waals surface area (Å²) in [4.78, 5) is 0. The Bertz CT molecular complexity index is 170. The molecular weight excluding hydrogens is 170 g/mol. The highest BCUT2D eigenvalue weighted by atomic mass is 14.9. The first-order chi connectivity index (χ1) is 6.58. The zero-order valence-electron chi connectivity index (χ0n) is 9.97. The lowest BCUT2D eigenvalue weighted by molar-refractivity contribution is 0.416. The molecule has 14 heavy (non-hydrogen) atoms. The van der Waals surface area contributed by atoms with Gasteiger partial charge in [-0.2, -0.15) is 0 Å². The highest BCUT2D eigenvalue weighted by Crippen LogP contribution is 2.24. The Balaban J connectivity index is 2.13. The van der Waals surface area contributed by atoms with E-state index in [0.717, 1.165) is 12.5 Å². The molecule has 0 saturated heterocycles. The third-order valence-electron chi connectivity index (χ3n) is 2.81. The summed E-state index contributed by atoms with van der Waals surface area (Å²) in [6.07, 6.45) is 11.9. The molecule has 1 heteroatoms. The summed E-state index contributed by atoms with van der Waals surface area (Å²) in [7, 11) is 0. The molecule has 1 fully saturated rings. The Morgan fingerprint density at radius 2 is 1.79 bits per heavy atom. The van der Waals surface area contributed by atoms with Gasteiger partial charge in [-0.05, 0) is 39.5 Å². The summed E-state index contributed by atoms with van der Waals surface area (Å²) >= 11 is 0. The van der Waals surface area contributed by atoms with E-state index in [1.54, 1.807) is 0 Å². The third-order valence-corrected chi connectivity index (χ3v) is 2.81. The molecule has 0 amide bonds. The van der Waals surface area contributed by atoms with Crippen LogP contribution in [0.5, 0.6) is 0 Å². The smallest absolute Gasteiger partial charge is 0.0139 e. The van der Waals surface area contributed by atoms with E-state index in [-0.39, 0.29) is 5.54 Å². The molecule has 0 bridgehead atoms. The van der Waals surface area contributed by atoms with Gasteiger partial charge in [0.25, 0.3) is 0 Å². The average molecular weight is 195 g/mol. The fraction of sp³-hybridized carbons (Fsp3) is 0.846. The molecule has 0 aromatic carbocycles. The molecule has 0 aromatic heterocycles. The van der Waals surface area contributed by atoms with Crippen LogP contribution in [-0.4, -0.2) is 12.1 Å². The largest absolute Gasteiger partial charge is 0.309 e. The van der Waals surface area contributed by atoms with Crippen LogP contribution >= 0.6 is 0 Å². The molecule has 1 N–H and O–H groups in total. The molecule has 1 saturated carbocycles. The summed E-state index contributed by atoms with van der Waals surface area (Å²) in [6.45, 7) is 7.64. The van der Waals surface area contributed by atoms with E-state index < -0.39 is 0 Å². The Morgan fingerprint density at radius 3 is 2.36 bits per heavy atom. The van der Waals surface area contributed by atoms with Crippen LogP contribution in [0.1, 0.15) is 52.9 Å². The predicted molar refractivity (Wildman–Crippen MR) is 63.5 cm³/mol. The minimum absolute atomic E-state index is 0.247. The van der Waals surface area contributed by atoms with E-state index in [2.05, 4.69) is 38.2 Å².